The first kappa shape index (κ1) is 26.1. The zero-order chi connectivity index (χ0) is 26.3. The summed E-state index contributed by atoms with van der Waals surface area (Å²) in [6, 6.07) is 30.5. The van der Waals surface area contributed by atoms with Gasteiger partial charge in [0.2, 0.25) is 0 Å². The molecule has 1 amide bonds. The lowest BCUT2D eigenvalue weighted by molar-refractivity contribution is -0.268. The summed E-state index contributed by atoms with van der Waals surface area (Å²) in [6.07, 6.45) is 0.958. The number of rotatable bonds is 8. The van der Waals surface area contributed by atoms with E-state index >= 15 is 0 Å². The number of pyridine rings is 1. The minimum Gasteiger partial charge on any atom is -0.392 e. The van der Waals surface area contributed by atoms with Crippen molar-refractivity contribution in [3.05, 3.63) is 126 Å². The molecule has 2 N–H and O–H groups in total. The van der Waals surface area contributed by atoms with Gasteiger partial charge >= 0.3 is 0 Å². The maximum atomic E-state index is 12.5. The van der Waals surface area contributed by atoms with Crippen molar-refractivity contribution in [3.8, 4) is 0 Å². The Kier molecular flexibility index (Phi) is 8.51. The first-order valence-electron chi connectivity index (χ1n) is 12.6. The van der Waals surface area contributed by atoms with Crippen LogP contribution in [0.25, 0.3) is 0 Å². The zero-order valence-electron chi connectivity index (χ0n) is 21.1. The van der Waals surface area contributed by atoms with Gasteiger partial charge in [-0.05, 0) is 47.5 Å². The molecule has 5 rings (SSSR count). The summed E-state index contributed by atoms with van der Waals surface area (Å²) in [5.41, 5.74) is 4.08. The minimum absolute atomic E-state index is 0.00357. The predicted octanol–water partition coefficient (Wildman–Crippen LogP) is 6.41. The summed E-state index contributed by atoms with van der Waals surface area (Å²) < 4.78 is 13.0. The highest BCUT2D eigenvalue weighted by Gasteiger charge is 2.38. The van der Waals surface area contributed by atoms with E-state index in [4.69, 9.17) is 9.47 Å². The van der Waals surface area contributed by atoms with Gasteiger partial charge in [0.15, 0.2) is 6.29 Å². The largest absolute Gasteiger partial charge is 0.392 e. The molecule has 4 unspecified atom stereocenters. The molecule has 38 heavy (non-hydrogen) atoms. The molecule has 0 aliphatic carbocycles. The van der Waals surface area contributed by atoms with E-state index in [2.05, 4.69) is 17.2 Å². The summed E-state index contributed by atoms with van der Waals surface area (Å²) in [7, 11) is 0. The average Bonchev–Trinajstić information content (AvgIpc) is 2.98. The van der Waals surface area contributed by atoms with Crippen molar-refractivity contribution in [1.29, 1.82) is 0 Å². The van der Waals surface area contributed by atoms with Crippen molar-refractivity contribution in [1.82, 2.24) is 4.98 Å². The molecule has 6 nitrogen and oxygen atoms in total. The Morgan fingerprint density at radius 1 is 0.895 bits per heavy atom. The lowest BCUT2D eigenvalue weighted by Gasteiger charge is -2.41. The number of aliphatic hydroxyl groups excluding tert-OH is 1. The molecule has 1 saturated heterocycles. The Balaban J connectivity index is 1.34. The molecule has 2 heterocycles. The van der Waals surface area contributed by atoms with Crippen LogP contribution >= 0.6 is 11.8 Å². The molecule has 0 spiro atoms. The van der Waals surface area contributed by atoms with Crippen LogP contribution in [0.1, 0.15) is 46.4 Å². The quantitative estimate of drug-likeness (QED) is 0.258. The summed E-state index contributed by atoms with van der Waals surface area (Å²) in [6.45, 7) is 2.15. The molecule has 4 aromatic rings. The van der Waals surface area contributed by atoms with E-state index in [0.717, 1.165) is 27.5 Å². The molecule has 1 aromatic heterocycles. The van der Waals surface area contributed by atoms with E-state index in [1.807, 2.05) is 84.9 Å². The second-order valence-corrected chi connectivity index (χ2v) is 10.3. The Morgan fingerprint density at radius 2 is 1.61 bits per heavy atom. The van der Waals surface area contributed by atoms with Gasteiger partial charge in [-0.1, -0.05) is 67.6 Å². The number of carbonyl (C=O) groups is 1. The van der Waals surface area contributed by atoms with Gasteiger partial charge in [0.1, 0.15) is 0 Å². The fourth-order valence-corrected chi connectivity index (χ4v) is 5.45. The lowest BCUT2D eigenvalue weighted by atomic mass is 9.91. The van der Waals surface area contributed by atoms with E-state index in [1.165, 1.54) is 0 Å². The fourth-order valence-electron chi connectivity index (χ4n) is 4.43. The van der Waals surface area contributed by atoms with Crippen LogP contribution in [-0.2, 0) is 16.1 Å². The number of hydrogen-bond donors (Lipinski definition) is 2. The Morgan fingerprint density at radius 3 is 2.29 bits per heavy atom. The summed E-state index contributed by atoms with van der Waals surface area (Å²) >= 11 is 1.67. The molecule has 0 saturated carbocycles. The summed E-state index contributed by atoms with van der Waals surface area (Å²) in [5, 5.41) is 13.3. The molecular formula is C31H30N2O4S. The van der Waals surface area contributed by atoms with Gasteiger partial charge in [0.25, 0.3) is 5.91 Å². The molecule has 194 valence electrons. The molecule has 0 bridgehead atoms. The number of hydrogen-bond acceptors (Lipinski definition) is 6. The molecule has 1 fully saturated rings. The fraction of sp³-hybridized carbons (Fsp3) is 0.226. The van der Waals surface area contributed by atoms with Gasteiger partial charge in [-0.25, -0.2) is 4.98 Å². The third kappa shape index (κ3) is 6.31. The van der Waals surface area contributed by atoms with Crippen LogP contribution in [0.4, 0.5) is 5.69 Å². The molecule has 7 heteroatoms. The third-order valence-corrected chi connectivity index (χ3v) is 7.67. The topological polar surface area (TPSA) is 80.7 Å². The predicted molar refractivity (Wildman–Crippen MR) is 149 cm³/mol. The van der Waals surface area contributed by atoms with E-state index in [0.29, 0.717) is 11.3 Å². The molecular weight excluding hydrogens is 496 g/mol. The number of carbonyl (C=O) groups excluding carboxylic acids is 1. The SMILES string of the molecule is CC1C(CSc2ccccn2)OC(c2ccc(NC(=O)c3ccccc3)cc2)OC1c1ccc(CO)cc1. The van der Waals surface area contributed by atoms with Crippen LogP contribution in [-0.4, -0.2) is 27.9 Å². The van der Waals surface area contributed by atoms with E-state index in [1.54, 1.807) is 30.1 Å². The second kappa shape index (κ2) is 12.4. The van der Waals surface area contributed by atoms with Crippen molar-refractivity contribution in [2.24, 2.45) is 5.92 Å². The van der Waals surface area contributed by atoms with Crippen LogP contribution < -0.4 is 5.32 Å². The van der Waals surface area contributed by atoms with Gasteiger partial charge in [0, 0.05) is 34.7 Å². The van der Waals surface area contributed by atoms with Crippen LogP contribution in [0.3, 0.4) is 0 Å². The molecule has 1 aliphatic rings. The normalized spacial score (nSPS) is 21.1. The third-order valence-electron chi connectivity index (χ3n) is 6.63. The van der Waals surface area contributed by atoms with Crippen LogP contribution in [0.5, 0.6) is 0 Å². The van der Waals surface area contributed by atoms with Crippen molar-refractivity contribution >= 4 is 23.4 Å². The lowest BCUT2D eigenvalue weighted by Crippen LogP contribution is -2.38. The number of aromatic nitrogens is 1. The highest BCUT2D eigenvalue weighted by Crippen LogP contribution is 2.43. The van der Waals surface area contributed by atoms with Gasteiger partial charge in [0.05, 0.1) is 23.8 Å². The number of nitrogens with zero attached hydrogens (tertiary/aromatic N) is 1. The van der Waals surface area contributed by atoms with E-state index in [9.17, 15) is 9.90 Å². The first-order chi connectivity index (χ1) is 18.6. The van der Waals surface area contributed by atoms with Gasteiger partial charge in [-0.3, -0.25) is 4.79 Å². The summed E-state index contributed by atoms with van der Waals surface area (Å²) in [5.74, 6) is 0.663. The first-order valence-corrected chi connectivity index (χ1v) is 13.6. The van der Waals surface area contributed by atoms with E-state index < -0.39 is 6.29 Å². The van der Waals surface area contributed by atoms with Crippen molar-refractivity contribution in [2.45, 2.75) is 37.1 Å². The molecule has 1 aliphatic heterocycles. The second-order valence-electron chi connectivity index (χ2n) is 9.24. The zero-order valence-corrected chi connectivity index (χ0v) is 21.9. The monoisotopic (exact) mass is 526 g/mol. The maximum absolute atomic E-state index is 12.5. The summed E-state index contributed by atoms with van der Waals surface area (Å²) in [4.78, 5) is 17.0. The smallest absolute Gasteiger partial charge is 0.255 e. The maximum Gasteiger partial charge on any atom is 0.255 e. The van der Waals surface area contributed by atoms with E-state index in [-0.39, 0.29) is 30.6 Å². The van der Waals surface area contributed by atoms with Gasteiger partial charge < -0.3 is 19.9 Å². The Hall–Kier alpha value is -3.49. The number of nitrogens with one attached hydrogen (secondary N) is 1. The standard InChI is InChI=1S/C31H30N2O4S/c1-21-27(20-38-28-9-5-6-18-32-28)36-31(37-29(21)23-12-10-22(19-34)11-13-23)25-14-16-26(17-15-25)33-30(35)24-7-3-2-4-8-24/h2-18,21,27,29,31,34H,19-20H2,1H3,(H,33,35). The highest BCUT2D eigenvalue weighted by molar-refractivity contribution is 7.99. The molecule has 3 aromatic carbocycles. The number of benzene rings is 3. The van der Waals surface area contributed by atoms with Crippen LogP contribution in [0.2, 0.25) is 0 Å². The number of thioether (sulfide) groups is 1. The molecule has 0 radical (unpaired) electrons. The number of ether oxygens (including phenoxy) is 2. The van der Waals surface area contributed by atoms with Crippen molar-refractivity contribution in [3.63, 3.8) is 0 Å². The van der Waals surface area contributed by atoms with Crippen LogP contribution in [0.15, 0.2) is 108 Å². The average molecular weight is 527 g/mol. The number of amides is 1. The Labute approximate surface area is 227 Å². The van der Waals surface area contributed by atoms with Crippen molar-refractivity contribution < 1.29 is 19.4 Å². The Bertz CT molecular complexity index is 1320. The van der Waals surface area contributed by atoms with Gasteiger partial charge in [-0.15, -0.1) is 11.8 Å². The number of aliphatic hydroxyl groups is 1. The number of anilines is 1. The minimum atomic E-state index is -0.568. The van der Waals surface area contributed by atoms with Crippen molar-refractivity contribution in [2.75, 3.05) is 11.1 Å². The highest BCUT2D eigenvalue weighted by atomic mass is 32.2. The van der Waals surface area contributed by atoms with Gasteiger partial charge in [-0.2, -0.15) is 0 Å². The van der Waals surface area contributed by atoms with Crippen LogP contribution in [0, 0.1) is 5.92 Å². The molecule has 4 atom stereocenters.